The first-order valence-electron chi connectivity index (χ1n) is 5.83. The summed E-state index contributed by atoms with van der Waals surface area (Å²) >= 11 is 0. The molecule has 5 nitrogen and oxygen atoms in total. The van der Waals surface area contributed by atoms with Crippen LogP contribution in [-0.4, -0.2) is 46.4 Å². The Morgan fingerprint density at radius 1 is 1.44 bits per heavy atom. The van der Waals surface area contributed by atoms with Crippen LogP contribution in [0.4, 0.5) is 0 Å². The Balaban J connectivity index is 2.38. The Morgan fingerprint density at radius 3 is 2.78 bits per heavy atom. The van der Waals surface area contributed by atoms with Crippen LogP contribution in [0, 0.1) is 6.92 Å². The molecule has 18 heavy (non-hydrogen) atoms. The van der Waals surface area contributed by atoms with E-state index in [4.69, 9.17) is 5.11 Å². The van der Waals surface area contributed by atoms with Crippen molar-refractivity contribution in [3.8, 4) is 0 Å². The summed E-state index contributed by atoms with van der Waals surface area (Å²) in [5, 5.41) is 14.4. The molecular formula is C13H17N3O2. The molecule has 0 aliphatic rings. The minimum atomic E-state index is -0.914. The average Bonchev–Trinajstić information content (AvgIpc) is 2.69. The number of nitrogens with zero attached hydrogens (tertiary/aromatic N) is 3. The summed E-state index contributed by atoms with van der Waals surface area (Å²) in [6.07, 6.45) is 1.97. The fourth-order valence-corrected chi connectivity index (χ4v) is 1.89. The van der Waals surface area contributed by atoms with E-state index in [1.165, 1.54) is 0 Å². The van der Waals surface area contributed by atoms with Gasteiger partial charge in [-0.25, -0.2) is 4.79 Å². The van der Waals surface area contributed by atoms with E-state index in [0.29, 0.717) is 0 Å². The number of hydrogen-bond donors (Lipinski definition) is 1. The first kappa shape index (κ1) is 12.6. The van der Waals surface area contributed by atoms with Crippen molar-refractivity contribution in [2.24, 2.45) is 0 Å². The molecule has 5 heteroatoms. The minimum absolute atomic E-state index is 0.290. The van der Waals surface area contributed by atoms with E-state index >= 15 is 0 Å². The first-order valence-corrected chi connectivity index (χ1v) is 5.83. The number of rotatable bonds is 4. The van der Waals surface area contributed by atoms with Gasteiger partial charge in [-0.05, 0) is 38.7 Å². The van der Waals surface area contributed by atoms with Gasteiger partial charge in [0.1, 0.15) is 0 Å². The van der Waals surface area contributed by atoms with E-state index < -0.39 is 5.97 Å². The van der Waals surface area contributed by atoms with Crippen LogP contribution in [0.1, 0.15) is 15.9 Å². The largest absolute Gasteiger partial charge is 0.478 e. The SMILES string of the molecule is Cc1cc(C(=O)O)cc2nn(CCN(C)C)cc12. The fourth-order valence-electron chi connectivity index (χ4n) is 1.89. The highest BCUT2D eigenvalue weighted by molar-refractivity contribution is 5.94. The number of carboxylic acids is 1. The molecule has 1 N–H and O–H groups in total. The number of aromatic carboxylic acids is 1. The van der Waals surface area contributed by atoms with Gasteiger partial charge in [-0.15, -0.1) is 0 Å². The number of hydrogen-bond acceptors (Lipinski definition) is 3. The Bertz CT molecular complexity index is 587. The van der Waals surface area contributed by atoms with Gasteiger partial charge in [0.2, 0.25) is 0 Å². The predicted octanol–water partition coefficient (Wildman–Crippen LogP) is 1.60. The van der Waals surface area contributed by atoms with Crippen LogP contribution in [0.3, 0.4) is 0 Å². The molecule has 96 valence electrons. The van der Waals surface area contributed by atoms with Gasteiger partial charge in [-0.2, -0.15) is 5.10 Å². The van der Waals surface area contributed by atoms with Crippen LogP contribution in [0.5, 0.6) is 0 Å². The monoisotopic (exact) mass is 247 g/mol. The van der Waals surface area contributed by atoms with E-state index in [9.17, 15) is 4.79 Å². The molecule has 2 aromatic rings. The van der Waals surface area contributed by atoms with E-state index in [-0.39, 0.29) is 5.56 Å². The smallest absolute Gasteiger partial charge is 0.335 e. The number of benzene rings is 1. The van der Waals surface area contributed by atoms with E-state index in [1.807, 2.05) is 31.9 Å². The third-order valence-corrected chi connectivity index (χ3v) is 2.90. The molecule has 0 atom stereocenters. The van der Waals surface area contributed by atoms with Gasteiger partial charge in [0.15, 0.2) is 0 Å². The second kappa shape index (κ2) is 4.78. The summed E-state index contributed by atoms with van der Waals surface area (Å²) in [4.78, 5) is 13.1. The summed E-state index contributed by atoms with van der Waals surface area (Å²) < 4.78 is 1.86. The van der Waals surface area contributed by atoms with Crippen molar-refractivity contribution >= 4 is 16.9 Å². The summed E-state index contributed by atoms with van der Waals surface area (Å²) in [6.45, 7) is 3.61. The quantitative estimate of drug-likeness (QED) is 0.891. The molecule has 1 heterocycles. The molecule has 1 aromatic carbocycles. The zero-order valence-electron chi connectivity index (χ0n) is 10.8. The number of carboxylic acid groups (broad SMARTS) is 1. The van der Waals surface area contributed by atoms with Crippen molar-refractivity contribution in [1.82, 2.24) is 14.7 Å². The lowest BCUT2D eigenvalue weighted by Gasteiger charge is -2.08. The number of likely N-dealkylation sites (N-methyl/N-ethyl adjacent to an activating group) is 1. The van der Waals surface area contributed by atoms with Gasteiger partial charge in [-0.3, -0.25) is 4.68 Å². The molecule has 0 fully saturated rings. The number of aryl methyl sites for hydroxylation is 1. The molecule has 0 radical (unpaired) electrons. The number of fused-ring (bicyclic) bond motifs is 1. The average molecular weight is 247 g/mol. The molecule has 0 spiro atoms. The third kappa shape index (κ3) is 2.51. The van der Waals surface area contributed by atoms with Crippen LogP contribution >= 0.6 is 0 Å². The molecule has 0 saturated carbocycles. The second-order valence-corrected chi connectivity index (χ2v) is 4.73. The van der Waals surface area contributed by atoms with Gasteiger partial charge in [0.05, 0.1) is 17.6 Å². The molecule has 1 aromatic heterocycles. The molecule has 0 amide bonds. The fraction of sp³-hybridized carbons (Fsp3) is 0.385. The van der Waals surface area contributed by atoms with Crippen LogP contribution in [0.15, 0.2) is 18.3 Å². The van der Waals surface area contributed by atoms with E-state index in [2.05, 4.69) is 10.00 Å². The minimum Gasteiger partial charge on any atom is -0.478 e. The van der Waals surface area contributed by atoms with Crippen LogP contribution < -0.4 is 0 Å². The normalized spacial score (nSPS) is 11.3. The summed E-state index contributed by atoms with van der Waals surface area (Å²) in [5.41, 5.74) is 1.98. The van der Waals surface area contributed by atoms with Crippen molar-refractivity contribution in [3.63, 3.8) is 0 Å². The van der Waals surface area contributed by atoms with Crippen molar-refractivity contribution in [2.45, 2.75) is 13.5 Å². The maximum Gasteiger partial charge on any atom is 0.335 e. The third-order valence-electron chi connectivity index (χ3n) is 2.90. The van der Waals surface area contributed by atoms with Crippen molar-refractivity contribution in [1.29, 1.82) is 0 Å². The summed E-state index contributed by atoms with van der Waals surface area (Å²) in [5.74, 6) is -0.914. The van der Waals surface area contributed by atoms with Gasteiger partial charge in [0.25, 0.3) is 0 Å². The second-order valence-electron chi connectivity index (χ2n) is 4.73. The van der Waals surface area contributed by atoms with Crippen molar-refractivity contribution in [2.75, 3.05) is 20.6 Å². The predicted molar refractivity (Wildman–Crippen MR) is 70.0 cm³/mol. The lowest BCUT2D eigenvalue weighted by atomic mass is 10.1. The zero-order valence-corrected chi connectivity index (χ0v) is 10.8. The van der Waals surface area contributed by atoms with Crippen LogP contribution in [0.25, 0.3) is 10.9 Å². The Morgan fingerprint density at radius 2 is 2.17 bits per heavy atom. The standard InChI is InChI=1S/C13H17N3O2/c1-9-6-10(13(17)18)7-12-11(9)8-16(14-12)5-4-15(2)3/h6-8H,4-5H2,1-3H3,(H,17,18). The maximum absolute atomic E-state index is 11.0. The Kier molecular flexibility index (Phi) is 3.34. The lowest BCUT2D eigenvalue weighted by Crippen LogP contribution is -2.18. The van der Waals surface area contributed by atoms with Crippen LogP contribution in [0.2, 0.25) is 0 Å². The first-order chi connectivity index (χ1) is 8.47. The molecule has 0 bridgehead atoms. The molecule has 2 rings (SSSR count). The van der Waals surface area contributed by atoms with Crippen LogP contribution in [-0.2, 0) is 6.54 Å². The Hall–Kier alpha value is -1.88. The van der Waals surface area contributed by atoms with Gasteiger partial charge in [-0.1, -0.05) is 0 Å². The molecule has 0 unspecified atom stereocenters. The van der Waals surface area contributed by atoms with E-state index in [1.54, 1.807) is 12.1 Å². The van der Waals surface area contributed by atoms with Crippen molar-refractivity contribution < 1.29 is 9.90 Å². The number of aromatic nitrogens is 2. The van der Waals surface area contributed by atoms with Crippen molar-refractivity contribution in [3.05, 3.63) is 29.5 Å². The zero-order chi connectivity index (χ0) is 13.3. The molecule has 0 aliphatic carbocycles. The number of carbonyl (C=O) groups is 1. The highest BCUT2D eigenvalue weighted by atomic mass is 16.4. The lowest BCUT2D eigenvalue weighted by molar-refractivity contribution is 0.0697. The van der Waals surface area contributed by atoms with E-state index in [0.717, 1.165) is 29.6 Å². The molecule has 0 saturated heterocycles. The Labute approximate surface area is 106 Å². The summed E-state index contributed by atoms with van der Waals surface area (Å²) in [7, 11) is 4.02. The highest BCUT2D eigenvalue weighted by Crippen LogP contribution is 2.19. The van der Waals surface area contributed by atoms with Gasteiger partial charge < -0.3 is 10.0 Å². The highest BCUT2D eigenvalue weighted by Gasteiger charge is 2.09. The summed E-state index contributed by atoms with van der Waals surface area (Å²) in [6, 6.07) is 3.31. The van der Waals surface area contributed by atoms with Gasteiger partial charge >= 0.3 is 5.97 Å². The maximum atomic E-state index is 11.0. The van der Waals surface area contributed by atoms with Gasteiger partial charge in [0, 0.05) is 18.1 Å². The molecular weight excluding hydrogens is 230 g/mol. The topological polar surface area (TPSA) is 58.4 Å². The molecule has 0 aliphatic heterocycles.